The molecule has 0 fully saturated rings. The molecular formula is C15H19FN2O5. The van der Waals surface area contributed by atoms with E-state index in [0.29, 0.717) is 0 Å². The molecule has 1 aromatic rings. The summed E-state index contributed by atoms with van der Waals surface area (Å²) in [5.41, 5.74) is -0.336. The molecule has 0 aliphatic heterocycles. The van der Waals surface area contributed by atoms with Gasteiger partial charge >= 0.3 is 12.0 Å². The van der Waals surface area contributed by atoms with Gasteiger partial charge in [-0.2, -0.15) is 0 Å². The molecule has 0 spiro atoms. The van der Waals surface area contributed by atoms with Gasteiger partial charge in [0.15, 0.2) is 6.10 Å². The number of hydrogen-bond acceptors (Lipinski definition) is 5. The molecule has 0 heterocycles. The molecule has 7 nitrogen and oxygen atoms in total. The normalized spacial score (nSPS) is 11.6. The van der Waals surface area contributed by atoms with Gasteiger partial charge in [0.1, 0.15) is 11.6 Å². The van der Waals surface area contributed by atoms with Crippen LogP contribution in [0.4, 0.5) is 9.18 Å². The number of ether oxygens (including phenoxy) is 2. The molecule has 1 rings (SSSR count). The fourth-order valence-corrected chi connectivity index (χ4v) is 1.58. The van der Waals surface area contributed by atoms with Gasteiger partial charge in [-0.15, -0.1) is 0 Å². The summed E-state index contributed by atoms with van der Waals surface area (Å²) in [6, 6.07) is 2.74. The number of methoxy groups -OCH3 is 1. The molecule has 126 valence electrons. The van der Waals surface area contributed by atoms with Crippen molar-refractivity contribution < 1.29 is 28.2 Å². The average Bonchev–Trinajstić information content (AvgIpc) is 2.45. The van der Waals surface area contributed by atoms with Crippen molar-refractivity contribution in [2.45, 2.75) is 32.9 Å². The van der Waals surface area contributed by atoms with Gasteiger partial charge in [-0.1, -0.05) is 0 Å². The molecule has 0 saturated heterocycles. The van der Waals surface area contributed by atoms with Gasteiger partial charge in [-0.05, 0) is 32.9 Å². The van der Waals surface area contributed by atoms with Crippen molar-refractivity contribution in [3.05, 3.63) is 29.6 Å². The lowest BCUT2D eigenvalue weighted by Gasteiger charge is -2.14. The summed E-state index contributed by atoms with van der Waals surface area (Å²) in [4.78, 5) is 35.0. The lowest BCUT2D eigenvalue weighted by Crippen LogP contribution is -2.46. The summed E-state index contributed by atoms with van der Waals surface area (Å²) in [5.74, 6) is -2.42. The predicted octanol–water partition coefficient (Wildman–Crippen LogP) is 1.61. The molecule has 2 N–H and O–H groups in total. The number of imide groups is 1. The van der Waals surface area contributed by atoms with E-state index in [0.717, 1.165) is 6.07 Å². The number of carbonyl (C=O) groups is 3. The second kappa shape index (κ2) is 8.11. The van der Waals surface area contributed by atoms with Crippen LogP contribution in [-0.2, 0) is 9.53 Å². The van der Waals surface area contributed by atoms with Gasteiger partial charge in [0.25, 0.3) is 5.91 Å². The van der Waals surface area contributed by atoms with Crippen LogP contribution >= 0.6 is 0 Å². The predicted molar refractivity (Wildman–Crippen MR) is 79.6 cm³/mol. The topological polar surface area (TPSA) is 93.7 Å². The summed E-state index contributed by atoms with van der Waals surface area (Å²) in [6.45, 7) is 4.72. The Balaban J connectivity index is 2.66. The van der Waals surface area contributed by atoms with Crippen LogP contribution in [0.2, 0.25) is 0 Å². The molecule has 1 aromatic carbocycles. The Morgan fingerprint density at radius 1 is 1.17 bits per heavy atom. The molecule has 0 aliphatic carbocycles. The van der Waals surface area contributed by atoms with Crippen molar-refractivity contribution in [2.75, 3.05) is 7.11 Å². The second-order valence-electron chi connectivity index (χ2n) is 5.01. The van der Waals surface area contributed by atoms with Crippen LogP contribution in [-0.4, -0.2) is 37.2 Å². The number of carbonyl (C=O) groups excluding carboxylic acids is 3. The highest BCUT2D eigenvalue weighted by Gasteiger charge is 2.22. The third kappa shape index (κ3) is 5.57. The first-order valence-corrected chi connectivity index (χ1v) is 6.90. The number of urea groups is 1. The molecule has 0 aliphatic rings. The zero-order valence-corrected chi connectivity index (χ0v) is 13.3. The van der Waals surface area contributed by atoms with E-state index in [1.54, 1.807) is 13.8 Å². The van der Waals surface area contributed by atoms with Crippen LogP contribution in [0.5, 0.6) is 5.75 Å². The Bertz CT molecular complexity index is 604. The van der Waals surface area contributed by atoms with Crippen LogP contribution < -0.4 is 15.4 Å². The summed E-state index contributed by atoms with van der Waals surface area (Å²) in [5, 5.41) is 4.47. The number of nitrogens with one attached hydrogen (secondary N) is 2. The van der Waals surface area contributed by atoms with E-state index in [9.17, 15) is 18.8 Å². The van der Waals surface area contributed by atoms with E-state index in [4.69, 9.17) is 9.47 Å². The highest BCUT2D eigenvalue weighted by atomic mass is 19.1. The lowest BCUT2D eigenvalue weighted by molar-refractivity contribution is -0.127. The smallest absolute Gasteiger partial charge is 0.341 e. The first-order chi connectivity index (χ1) is 10.7. The third-order valence-electron chi connectivity index (χ3n) is 2.71. The van der Waals surface area contributed by atoms with E-state index in [1.807, 2.05) is 5.32 Å². The largest absolute Gasteiger partial charge is 0.497 e. The van der Waals surface area contributed by atoms with Crippen LogP contribution in [0, 0.1) is 5.82 Å². The highest BCUT2D eigenvalue weighted by molar-refractivity contribution is 5.98. The van der Waals surface area contributed by atoms with E-state index < -0.39 is 29.8 Å². The summed E-state index contributed by atoms with van der Waals surface area (Å²) in [6.07, 6.45) is -1.26. The molecule has 8 heteroatoms. The number of esters is 1. The Labute approximate surface area is 133 Å². The Kier molecular flexibility index (Phi) is 6.49. The Morgan fingerprint density at radius 2 is 1.83 bits per heavy atom. The first kappa shape index (κ1) is 18.4. The fraction of sp³-hybridized carbons (Fsp3) is 0.400. The van der Waals surface area contributed by atoms with Crippen LogP contribution in [0.3, 0.4) is 0 Å². The van der Waals surface area contributed by atoms with Crippen molar-refractivity contribution >= 4 is 17.9 Å². The summed E-state index contributed by atoms with van der Waals surface area (Å²) >= 11 is 0. The van der Waals surface area contributed by atoms with Crippen molar-refractivity contribution in [3.63, 3.8) is 0 Å². The van der Waals surface area contributed by atoms with Crippen molar-refractivity contribution in [1.29, 1.82) is 0 Å². The molecular weight excluding hydrogens is 307 g/mol. The average molecular weight is 326 g/mol. The Morgan fingerprint density at radius 3 is 2.35 bits per heavy atom. The summed E-state index contributed by atoms with van der Waals surface area (Å²) < 4.78 is 23.4. The minimum atomic E-state index is -1.26. The van der Waals surface area contributed by atoms with E-state index in [2.05, 4.69) is 5.32 Å². The van der Waals surface area contributed by atoms with Crippen molar-refractivity contribution in [3.8, 4) is 5.75 Å². The first-order valence-electron chi connectivity index (χ1n) is 6.90. The van der Waals surface area contributed by atoms with Gasteiger partial charge in [0, 0.05) is 12.1 Å². The van der Waals surface area contributed by atoms with Crippen LogP contribution in [0.25, 0.3) is 0 Å². The molecule has 0 unspecified atom stereocenters. The van der Waals surface area contributed by atoms with Gasteiger partial charge in [-0.3, -0.25) is 10.1 Å². The monoisotopic (exact) mass is 326 g/mol. The molecule has 0 bridgehead atoms. The summed E-state index contributed by atoms with van der Waals surface area (Å²) in [7, 11) is 1.36. The molecule has 0 radical (unpaired) electrons. The minimum absolute atomic E-state index is 0.158. The SMILES string of the molecule is COc1ccc(C(=O)O[C@@H](C)C(=O)NC(=O)NC(C)C)c(F)c1. The Hall–Kier alpha value is -2.64. The fourth-order valence-electron chi connectivity index (χ4n) is 1.58. The van der Waals surface area contributed by atoms with Crippen molar-refractivity contribution in [1.82, 2.24) is 10.6 Å². The highest BCUT2D eigenvalue weighted by Crippen LogP contribution is 2.17. The zero-order valence-electron chi connectivity index (χ0n) is 13.3. The minimum Gasteiger partial charge on any atom is -0.497 e. The van der Waals surface area contributed by atoms with Gasteiger partial charge in [-0.25, -0.2) is 14.0 Å². The molecule has 0 saturated carbocycles. The van der Waals surface area contributed by atoms with Crippen molar-refractivity contribution in [2.24, 2.45) is 0 Å². The molecule has 1 atom stereocenters. The number of benzene rings is 1. The maximum absolute atomic E-state index is 13.7. The quantitative estimate of drug-likeness (QED) is 0.802. The lowest BCUT2D eigenvalue weighted by atomic mass is 10.2. The second-order valence-corrected chi connectivity index (χ2v) is 5.01. The third-order valence-corrected chi connectivity index (χ3v) is 2.71. The number of rotatable bonds is 5. The van der Waals surface area contributed by atoms with Gasteiger partial charge in [0.05, 0.1) is 12.7 Å². The number of halogens is 1. The maximum atomic E-state index is 13.7. The molecule has 23 heavy (non-hydrogen) atoms. The van der Waals surface area contributed by atoms with E-state index in [-0.39, 0.29) is 17.4 Å². The molecule has 3 amide bonds. The van der Waals surface area contributed by atoms with E-state index in [1.165, 1.54) is 26.2 Å². The zero-order chi connectivity index (χ0) is 17.6. The van der Waals surface area contributed by atoms with E-state index >= 15 is 0 Å². The van der Waals surface area contributed by atoms with Crippen LogP contribution in [0.15, 0.2) is 18.2 Å². The maximum Gasteiger partial charge on any atom is 0.341 e. The number of hydrogen-bond donors (Lipinski definition) is 2. The number of amides is 3. The van der Waals surface area contributed by atoms with Crippen LogP contribution in [0.1, 0.15) is 31.1 Å². The van der Waals surface area contributed by atoms with Gasteiger partial charge < -0.3 is 14.8 Å². The van der Waals surface area contributed by atoms with Gasteiger partial charge in [0.2, 0.25) is 0 Å². The standard InChI is InChI=1S/C15H19FN2O5/c1-8(2)17-15(21)18-13(19)9(3)23-14(20)11-6-5-10(22-4)7-12(11)16/h5-9H,1-4H3,(H2,17,18,19,21)/t9-/m0/s1. The molecule has 0 aromatic heterocycles.